The SMILES string of the molecule is CCCCn1nc(C)c(-c2cc(-c3nn4c(C(C)C)nnc4s3)[nH]n2)c1C. The third-order valence-corrected chi connectivity index (χ3v) is 5.63. The van der Waals surface area contributed by atoms with Gasteiger partial charge in [-0.25, -0.2) is 0 Å². The Hall–Kier alpha value is -2.55. The van der Waals surface area contributed by atoms with E-state index in [-0.39, 0.29) is 5.92 Å². The molecule has 0 aliphatic heterocycles. The summed E-state index contributed by atoms with van der Waals surface area (Å²) >= 11 is 1.51. The second-order valence-electron chi connectivity index (χ2n) is 7.10. The van der Waals surface area contributed by atoms with Crippen molar-refractivity contribution in [1.29, 1.82) is 0 Å². The number of aromatic amines is 1. The first-order valence-electron chi connectivity index (χ1n) is 9.31. The first-order chi connectivity index (χ1) is 13.0. The maximum Gasteiger partial charge on any atom is 0.235 e. The average molecular weight is 385 g/mol. The van der Waals surface area contributed by atoms with Crippen LogP contribution in [0.15, 0.2) is 6.07 Å². The zero-order chi connectivity index (χ0) is 19.1. The number of aromatic nitrogens is 8. The number of fused-ring (bicyclic) bond motifs is 1. The van der Waals surface area contributed by atoms with Crippen molar-refractivity contribution in [1.82, 2.24) is 39.8 Å². The molecule has 8 nitrogen and oxygen atoms in total. The largest absolute Gasteiger partial charge is 0.275 e. The summed E-state index contributed by atoms with van der Waals surface area (Å²) in [5, 5.41) is 26.3. The molecule has 0 saturated carbocycles. The highest BCUT2D eigenvalue weighted by Gasteiger charge is 2.19. The summed E-state index contributed by atoms with van der Waals surface area (Å²) in [7, 11) is 0. The van der Waals surface area contributed by atoms with Crippen LogP contribution in [0.4, 0.5) is 0 Å². The molecule has 0 aliphatic rings. The Balaban J connectivity index is 1.69. The van der Waals surface area contributed by atoms with Crippen LogP contribution in [-0.2, 0) is 6.54 Å². The fourth-order valence-corrected chi connectivity index (χ4v) is 4.07. The summed E-state index contributed by atoms with van der Waals surface area (Å²) in [5.41, 5.74) is 5.04. The van der Waals surface area contributed by atoms with Crippen molar-refractivity contribution in [2.75, 3.05) is 0 Å². The summed E-state index contributed by atoms with van der Waals surface area (Å²) in [6, 6.07) is 2.04. The number of H-pyrrole nitrogens is 1. The Morgan fingerprint density at radius 2 is 2.00 bits per heavy atom. The summed E-state index contributed by atoms with van der Waals surface area (Å²) in [6.45, 7) is 11.5. The van der Waals surface area contributed by atoms with Crippen LogP contribution in [0.25, 0.3) is 26.9 Å². The first kappa shape index (κ1) is 17.8. The molecule has 0 unspecified atom stereocenters. The molecule has 4 aromatic heterocycles. The molecule has 0 atom stereocenters. The van der Waals surface area contributed by atoms with Crippen molar-refractivity contribution in [3.05, 3.63) is 23.3 Å². The van der Waals surface area contributed by atoms with E-state index in [9.17, 15) is 0 Å². The van der Waals surface area contributed by atoms with Gasteiger partial charge >= 0.3 is 0 Å². The molecule has 4 rings (SSSR count). The Kier molecular flexibility index (Phi) is 4.55. The number of nitrogens with one attached hydrogen (secondary N) is 1. The summed E-state index contributed by atoms with van der Waals surface area (Å²) in [6.07, 6.45) is 2.28. The summed E-state index contributed by atoms with van der Waals surface area (Å²) < 4.78 is 3.91. The van der Waals surface area contributed by atoms with Gasteiger partial charge in [-0.05, 0) is 26.3 Å². The molecule has 27 heavy (non-hydrogen) atoms. The molecule has 4 aromatic rings. The number of rotatable bonds is 6. The van der Waals surface area contributed by atoms with Crippen molar-refractivity contribution >= 4 is 16.3 Å². The molecule has 142 valence electrons. The van der Waals surface area contributed by atoms with Gasteiger partial charge in [0.1, 0.15) is 0 Å². The number of hydrogen-bond donors (Lipinski definition) is 1. The van der Waals surface area contributed by atoms with E-state index in [1.165, 1.54) is 11.3 Å². The molecule has 4 heterocycles. The molecular formula is C18H24N8S. The maximum atomic E-state index is 4.69. The van der Waals surface area contributed by atoms with Crippen molar-refractivity contribution in [2.24, 2.45) is 0 Å². The van der Waals surface area contributed by atoms with Gasteiger partial charge in [0, 0.05) is 23.7 Å². The molecule has 0 aromatic carbocycles. The highest BCUT2D eigenvalue weighted by atomic mass is 32.1. The van der Waals surface area contributed by atoms with Gasteiger partial charge in [-0.2, -0.15) is 19.8 Å². The van der Waals surface area contributed by atoms with E-state index in [2.05, 4.69) is 57.9 Å². The minimum atomic E-state index is 0.270. The Morgan fingerprint density at radius 1 is 1.19 bits per heavy atom. The van der Waals surface area contributed by atoms with Crippen LogP contribution in [-0.4, -0.2) is 39.8 Å². The van der Waals surface area contributed by atoms with Gasteiger partial charge in [-0.15, -0.1) is 10.2 Å². The van der Waals surface area contributed by atoms with Crippen molar-refractivity contribution in [3.63, 3.8) is 0 Å². The minimum Gasteiger partial charge on any atom is -0.275 e. The predicted molar refractivity (Wildman–Crippen MR) is 106 cm³/mol. The highest BCUT2D eigenvalue weighted by Crippen LogP contribution is 2.31. The van der Waals surface area contributed by atoms with Gasteiger partial charge in [0.05, 0.1) is 17.1 Å². The van der Waals surface area contributed by atoms with E-state index in [0.29, 0.717) is 0 Å². The van der Waals surface area contributed by atoms with E-state index < -0.39 is 0 Å². The van der Waals surface area contributed by atoms with Crippen LogP contribution in [0.2, 0.25) is 0 Å². The van der Waals surface area contributed by atoms with Crippen LogP contribution >= 0.6 is 11.3 Å². The predicted octanol–water partition coefficient (Wildman–Crippen LogP) is 3.98. The molecule has 0 aliphatic carbocycles. The molecule has 1 N–H and O–H groups in total. The Labute approximate surface area is 161 Å². The van der Waals surface area contributed by atoms with Crippen LogP contribution < -0.4 is 0 Å². The quantitative estimate of drug-likeness (QED) is 0.543. The van der Waals surface area contributed by atoms with E-state index in [4.69, 9.17) is 5.10 Å². The van der Waals surface area contributed by atoms with Crippen molar-refractivity contribution in [3.8, 4) is 22.0 Å². The monoisotopic (exact) mass is 384 g/mol. The normalized spacial score (nSPS) is 11.9. The van der Waals surface area contributed by atoms with E-state index >= 15 is 0 Å². The number of nitrogens with zero attached hydrogens (tertiary/aromatic N) is 7. The fraction of sp³-hybridized carbons (Fsp3) is 0.500. The Bertz CT molecular complexity index is 1080. The molecule has 0 amide bonds. The highest BCUT2D eigenvalue weighted by molar-refractivity contribution is 7.19. The smallest absolute Gasteiger partial charge is 0.235 e. The zero-order valence-electron chi connectivity index (χ0n) is 16.3. The Morgan fingerprint density at radius 3 is 2.74 bits per heavy atom. The number of hydrogen-bond acceptors (Lipinski definition) is 6. The lowest BCUT2D eigenvalue weighted by atomic mass is 10.1. The third-order valence-electron chi connectivity index (χ3n) is 4.70. The molecular weight excluding hydrogens is 360 g/mol. The summed E-state index contributed by atoms with van der Waals surface area (Å²) in [4.78, 5) is 0.796. The van der Waals surface area contributed by atoms with Gasteiger partial charge in [0.15, 0.2) is 10.8 Å². The van der Waals surface area contributed by atoms with Crippen LogP contribution in [0.5, 0.6) is 0 Å². The first-order valence-corrected chi connectivity index (χ1v) is 10.1. The molecule has 0 fully saturated rings. The van der Waals surface area contributed by atoms with Gasteiger partial charge < -0.3 is 0 Å². The van der Waals surface area contributed by atoms with Crippen LogP contribution in [0.3, 0.4) is 0 Å². The van der Waals surface area contributed by atoms with Crippen molar-refractivity contribution in [2.45, 2.75) is 59.9 Å². The summed E-state index contributed by atoms with van der Waals surface area (Å²) in [5.74, 6) is 1.14. The second kappa shape index (κ2) is 6.88. The minimum absolute atomic E-state index is 0.270. The van der Waals surface area contributed by atoms with Crippen molar-refractivity contribution < 1.29 is 0 Å². The van der Waals surface area contributed by atoms with Gasteiger partial charge in [-0.1, -0.05) is 38.5 Å². The molecule has 9 heteroatoms. The average Bonchev–Trinajstić information content (AvgIpc) is 3.35. The number of unbranched alkanes of at least 4 members (excludes halogenated alkanes) is 1. The van der Waals surface area contributed by atoms with E-state index in [0.717, 1.165) is 63.5 Å². The second-order valence-corrected chi connectivity index (χ2v) is 8.06. The zero-order valence-corrected chi connectivity index (χ0v) is 17.1. The fourth-order valence-electron chi connectivity index (χ4n) is 3.25. The molecule has 0 bridgehead atoms. The number of aryl methyl sites for hydroxylation is 2. The lowest BCUT2D eigenvalue weighted by Gasteiger charge is -2.02. The van der Waals surface area contributed by atoms with E-state index in [1.54, 1.807) is 0 Å². The maximum absolute atomic E-state index is 4.69. The van der Waals surface area contributed by atoms with Gasteiger partial charge in [-0.3, -0.25) is 9.78 Å². The van der Waals surface area contributed by atoms with Gasteiger partial charge in [0.25, 0.3) is 0 Å². The van der Waals surface area contributed by atoms with Crippen LogP contribution in [0.1, 0.15) is 56.7 Å². The van der Waals surface area contributed by atoms with Crippen LogP contribution in [0, 0.1) is 13.8 Å². The topological polar surface area (TPSA) is 89.6 Å². The standard InChI is InChI=1S/C18H24N8S/c1-6-7-8-25-12(5)15(11(4)23-25)13-9-14(20-19-13)17-24-26-16(10(2)3)21-22-18(26)27-17/h9-10H,6-8H2,1-5H3,(H,19,20). The molecule has 0 saturated heterocycles. The van der Waals surface area contributed by atoms with E-state index in [1.807, 2.05) is 17.5 Å². The van der Waals surface area contributed by atoms with Gasteiger partial charge in [0.2, 0.25) is 4.96 Å². The molecule has 0 spiro atoms. The lowest BCUT2D eigenvalue weighted by Crippen LogP contribution is -2.02. The lowest BCUT2D eigenvalue weighted by molar-refractivity contribution is 0.556. The molecule has 0 radical (unpaired) electrons. The third kappa shape index (κ3) is 3.05.